The van der Waals surface area contributed by atoms with Crippen LogP contribution in [0.2, 0.25) is 0 Å². The number of aryl methyl sites for hydroxylation is 1. The predicted molar refractivity (Wildman–Crippen MR) is 113 cm³/mol. The first kappa shape index (κ1) is 21.3. The van der Waals surface area contributed by atoms with Crippen LogP contribution in [0.1, 0.15) is 15.9 Å². The third-order valence-electron chi connectivity index (χ3n) is 4.94. The van der Waals surface area contributed by atoms with Crippen molar-refractivity contribution in [2.45, 2.75) is 19.1 Å². The average Bonchev–Trinajstić information content (AvgIpc) is 3.23. The van der Waals surface area contributed by atoms with Crippen LogP contribution in [0, 0.1) is 6.92 Å². The smallest absolute Gasteiger partial charge is 0.341 e. The maximum absolute atomic E-state index is 12.8. The standard InChI is InChI=1S/C19H21N5O6S/c1-10-4-14(23-5-11(6-23)22-30-9-12(26)8-25)21-17-15(10)16(27)13(18(28)29)7-24(17)19-20-2-3-31-19/h2-4,7,11-12,22,25-26H,5-6,8-9H2,1H3,(H,28,29)/t12-/m0/s1. The highest BCUT2D eigenvalue weighted by Gasteiger charge is 2.29. The van der Waals surface area contributed by atoms with Crippen molar-refractivity contribution < 1.29 is 25.0 Å². The molecule has 0 saturated carbocycles. The van der Waals surface area contributed by atoms with Crippen molar-refractivity contribution in [3.63, 3.8) is 0 Å². The van der Waals surface area contributed by atoms with Crippen LogP contribution in [0.5, 0.6) is 0 Å². The first-order chi connectivity index (χ1) is 14.9. The van der Waals surface area contributed by atoms with Crippen molar-refractivity contribution in [3.8, 4) is 5.13 Å². The first-order valence-electron chi connectivity index (χ1n) is 9.50. The second-order valence-corrected chi connectivity index (χ2v) is 8.10. The molecule has 4 heterocycles. The summed E-state index contributed by atoms with van der Waals surface area (Å²) in [6.07, 6.45) is 1.93. The van der Waals surface area contributed by atoms with Crippen LogP contribution in [0.15, 0.2) is 28.6 Å². The molecule has 164 valence electrons. The van der Waals surface area contributed by atoms with E-state index in [-0.39, 0.29) is 30.2 Å². The Kier molecular flexibility index (Phi) is 5.98. The van der Waals surface area contributed by atoms with Gasteiger partial charge in [-0.25, -0.2) is 14.8 Å². The zero-order valence-corrected chi connectivity index (χ0v) is 17.4. The Morgan fingerprint density at radius 2 is 2.23 bits per heavy atom. The summed E-state index contributed by atoms with van der Waals surface area (Å²) < 4.78 is 1.54. The molecule has 0 radical (unpaired) electrons. The fraction of sp³-hybridized carbons (Fsp3) is 0.368. The van der Waals surface area contributed by atoms with Crippen molar-refractivity contribution >= 4 is 34.2 Å². The number of aliphatic hydroxyl groups is 2. The number of carbonyl (C=O) groups is 1. The fourth-order valence-corrected chi connectivity index (χ4v) is 3.95. The molecule has 3 aromatic heterocycles. The van der Waals surface area contributed by atoms with Crippen LogP contribution < -0.4 is 15.8 Å². The van der Waals surface area contributed by atoms with E-state index in [0.29, 0.717) is 35.2 Å². The Balaban J connectivity index is 1.64. The number of rotatable bonds is 8. The molecule has 0 bridgehead atoms. The van der Waals surface area contributed by atoms with E-state index in [1.807, 2.05) is 4.90 Å². The lowest BCUT2D eigenvalue weighted by Crippen LogP contribution is -2.58. The molecule has 11 nitrogen and oxygen atoms in total. The lowest BCUT2D eigenvalue weighted by molar-refractivity contribution is -0.0529. The maximum atomic E-state index is 12.8. The predicted octanol–water partition coefficient (Wildman–Crippen LogP) is -0.0882. The molecular formula is C19H21N5O6S. The van der Waals surface area contributed by atoms with Crippen LogP contribution in [-0.2, 0) is 4.84 Å². The summed E-state index contributed by atoms with van der Waals surface area (Å²) in [6.45, 7) is 2.53. The molecular weight excluding hydrogens is 426 g/mol. The van der Waals surface area contributed by atoms with Crippen LogP contribution in [-0.4, -0.2) is 74.3 Å². The Morgan fingerprint density at radius 3 is 2.87 bits per heavy atom. The number of carboxylic acids is 1. The number of hydroxylamine groups is 1. The Labute approximate surface area is 180 Å². The molecule has 4 rings (SSSR count). The number of hydrogen-bond donors (Lipinski definition) is 4. The molecule has 0 aromatic carbocycles. The summed E-state index contributed by atoms with van der Waals surface area (Å²) in [5, 5.41) is 30.1. The number of pyridine rings is 2. The number of aliphatic hydroxyl groups excluding tert-OH is 2. The molecule has 4 N–H and O–H groups in total. The molecule has 1 atom stereocenters. The van der Waals surface area contributed by atoms with Gasteiger partial charge in [-0.3, -0.25) is 14.2 Å². The number of nitrogens with one attached hydrogen (secondary N) is 1. The van der Waals surface area contributed by atoms with E-state index in [1.54, 1.807) is 24.6 Å². The van der Waals surface area contributed by atoms with Gasteiger partial charge in [-0.1, -0.05) is 0 Å². The summed E-state index contributed by atoms with van der Waals surface area (Å²) in [5.74, 6) is -0.658. The van der Waals surface area contributed by atoms with Crippen LogP contribution in [0.25, 0.3) is 16.2 Å². The number of aromatic carboxylic acids is 1. The molecule has 1 saturated heterocycles. The van der Waals surface area contributed by atoms with E-state index >= 15 is 0 Å². The largest absolute Gasteiger partial charge is 0.477 e. The van der Waals surface area contributed by atoms with E-state index in [2.05, 4.69) is 15.4 Å². The lowest BCUT2D eigenvalue weighted by Gasteiger charge is -2.40. The van der Waals surface area contributed by atoms with Crippen LogP contribution in [0.4, 0.5) is 5.82 Å². The zero-order valence-electron chi connectivity index (χ0n) is 16.6. The summed E-state index contributed by atoms with van der Waals surface area (Å²) in [7, 11) is 0. The Morgan fingerprint density at radius 1 is 1.45 bits per heavy atom. The highest BCUT2D eigenvalue weighted by Crippen LogP contribution is 2.26. The zero-order chi connectivity index (χ0) is 22.1. The van der Waals surface area contributed by atoms with Gasteiger partial charge < -0.3 is 20.2 Å². The van der Waals surface area contributed by atoms with Gasteiger partial charge in [0.25, 0.3) is 0 Å². The third-order valence-corrected chi connectivity index (χ3v) is 5.71. The van der Waals surface area contributed by atoms with E-state index in [0.717, 1.165) is 0 Å². The molecule has 0 unspecified atom stereocenters. The minimum Gasteiger partial charge on any atom is -0.477 e. The van der Waals surface area contributed by atoms with E-state index in [4.69, 9.17) is 9.94 Å². The molecule has 1 aliphatic heterocycles. The van der Waals surface area contributed by atoms with Crippen molar-refractivity contribution in [1.29, 1.82) is 0 Å². The van der Waals surface area contributed by atoms with Crippen LogP contribution in [0.3, 0.4) is 0 Å². The van der Waals surface area contributed by atoms with Gasteiger partial charge in [-0.2, -0.15) is 5.48 Å². The van der Waals surface area contributed by atoms with Crippen molar-refractivity contribution in [2.24, 2.45) is 0 Å². The van der Waals surface area contributed by atoms with E-state index in [9.17, 15) is 19.8 Å². The number of anilines is 1. The molecule has 1 fully saturated rings. The molecule has 31 heavy (non-hydrogen) atoms. The van der Waals surface area contributed by atoms with Gasteiger partial charge >= 0.3 is 5.97 Å². The topological polar surface area (TPSA) is 150 Å². The number of aromatic nitrogens is 3. The third kappa shape index (κ3) is 4.16. The van der Waals surface area contributed by atoms with Gasteiger partial charge in [-0.05, 0) is 18.6 Å². The molecule has 3 aromatic rings. The number of carboxylic acid groups (broad SMARTS) is 1. The number of nitrogens with zero attached hydrogens (tertiary/aromatic N) is 4. The Bertz CT molecular complexity index is 1160. The minimum absolute atomic E-state index is 0.0132. The summed E-state index contributed by atoms with van der Waals surface area (Å²) in [5.41, 5.74) is 2.88. The molecule has 12 heteroatoms. The highest BCUT2D eigenvalue weighted by atomic mass is 32.1. The maximum Gasteiger partial charge on any atom is 0.341 e. The second-order valence-electron chi connectivity index (χ2n) is 7.22. The van der Waals surface area contributed by atoms with Gasteiger partial charge in [0, 0.05) is 30.9 Å². The highest BCUT2D eigenvalue weighted by molar-refractivity contribution is 7.12. The molecule has 1 aliphatic rings. The van der Waals surface area contributed by atoms with Crippen molar-refractivity contribution in [3.05, 3.63) is 45.2 Å². The monoisotopic (exact) mass is 447 g/mol. The number of hydrogen-bond acceptors (Lipinski definition) is 10. The van der Waals surface area contributed by atoms with Gasteiger partial charge in [0.15, 0.2) is 10.8 Å². The van der Waals surface area contributed by atoms with Gasteiger partial charge in [0.05, 0.1) is 24.6 Å². The molecule has 0 aliphatic carbocycles. The summed E-state index contributed by atoms with van der Waals surface area (Å²) in [4.78, 5) is 40.5. The van der Waals surface area contributed by atoms with E-state index in [1.165, 1.54) is 22.1 Å². The van der Waals surface area contributed by atoms with Crippen LogP contribution >= 0.6 is 11.3 Å². The number of fused-ring (bicyclic) bond motifs is 1. The Hall–Kier alpha value is -2.90. The van der Waals surface area contributed by atoms with Gasteiger partial charge in [-0.15, -0.1) is 11.3 Å². The summed E-state index contributed by atoms with van der Waals surface area (Å²) >= 11 is 1.31. The van der Waals surface area contributed by atoms with Gasteiger partial charge in [0.1, 0.15) is 17.5 Å². The SMILES string of the molecule is Cc1cc(N2CC(NOC[C@@H](O)CO)C2)nc2c1c(=O)c(C(=O)O)cn2-c1nccs1. The average molecular weight is 447 g/mol. The van der Waals surface area contributed by atoms with Gasteiger partial charge in [0.2, 0.25) is 5.43 Å². The summed E-state index contributed by atoms with van der Waals surface area (Å²) in [6, 6.07) is 1.77. The minimum atomic E-state index is -1.30. The molecule has 0 amide bonds. The molecule has 0 spiro atoms. The lowest BCUT2D eigenvalue weighted by atomic mass is 10.1. The van der Waals surface area contributed by atoms with Crippen molar-refractivity contribution in [1.82, 2.24) is 20.0 Å². The number of thiazole rings is 1. The fourth-order valence-electron chi connectivity index (χ4n) is 3.33. The second kappa shape index (κ2) is 8.69. The van der Waals surface area contributed by atoms with E-state index < -0.39 is 17.5 Å². The first-order valence-corrected chi connectivity index (χ1v) is 10.4. The van der Waals surface area contributed by atoms with Crippen molar-refractivity contribution in [2.75, 3.05) is 31.2 Å². The normalized spacial score (nSPS) is 15.3. The quantitative estimate of drug-likeness (QED) is 0.345.